The van der Waals surface area contributed by atoms with Gasteiger partial charge in [0.05, 0.1) is 6.20 Å². The molecule has 0 spiro atoms. The summed E-state index contributed by atoms with van der Waals surface area (Å²) in [6.07, 6.45) is 1.74. The van der Waals surface area contributed by atoms with E-state index in [0.717, 1.165) is 6.54 Å². The summed E-state index contributed by atoms with van der Waals surface area (Å²) in [5.74, 6) is 0.481. The highest BCUT2D eigenvalue weighted by molar-refractivity contribution is 5.19. The van der Waals surface area contributed by atoms with Crippen LogP contribution in [0.1, 0.15) is 20.8 Å². The Balaban J connectivity index is 2.65. The van der Waals surface area contributed by atoms with Crippen molar-refractivity contribution in [1.29, 1.82) is 0 Å². The lowest BCUT2D eigenvalue weighted by atomic mass is 9.97. The molecule has 62 valence electrons. The normalized spacial score (nSPS) is 11.9. The Morgan fingerprint density at radius 1 is 1.55 bits per heavy atom. The minimum Gasteiger partial charge on any atom is -0.381 e. The summed E-state index contributed by atoms with van der Waals surface area (Å²) >= 11 is 0. The third-order valence-corrected chi connectivity index (χ3v) is 1.19. The molecule has 11 heavy (non-hydrogen) atoms. The maximum absolute atomic E-state index is 5.40. The summed E-state index contributed by atoms with van der Waals surface area (Å²) in [5, 5.41) is 7.53. The predicted octanol–water partition coefficient (Wildman–Crippen LogP) is 0.906. The minimum atomic E-state index is 0.222. The Bertz CT molecular complexity index is 233. The molecule has 0 saturated heterocycles. The molecule has 0 aliphatic carbocycles. The fourth-order valence-electron chi connectivity index (χ4n) is 0.877. The van der Waals surface area contributed by atoms with Crippen molar-refractivity contribution in [2.24, 2.45) is 5.41 Å². The Kier molecular flexibility index (Phi) is 1.85. The van der Waals surface area contributed by atoms with Crippen LogP contribution in [0.5, 0.6) is 0 Å². The van der Waals surface area contributed by atoms with Crippen LogP contribution in [0.2, 0.25) is 0 Å². The molecule has 0 aromatic carbocycles. The minimum absolute atomic E-state index is 0.222. The highest BCUT2D eigenvalue weighted by Crippen LogP contribution is 2.15. The molecule has 1 aromatic heterocycles. The lowest BCUT2D eigenvalue weighted by molar-refractivity contribution is 0.321. The number of aromatic nitrogens is 3. The van der Waals surface area contributed by atoms with Gasteiger partial charge in [-0.1, -0.05) is 26.0 Å². The van der Waals surface area contributed by atoms with Gasteiger partial charge in [-0.3, -0.25) is 0 Å². The SMILES string of the molecule is CC(C)(C)Cn1cc(N)nn1. The number of nitrogens with two attached hydrogens (primary N) is 1. The molecule has 4 nitrogen and oxygen atoms in total. The molecule has 0 unspecified atom stereocenters. The van der Waals surface area contributed by atoms with E-state index in [0.29, 0.717) is 5.82 Å². The van der Waals surface area contributed by atoms with Crippen LogP contribution in [-0.2, 0) is 6.54 Å². The second-order valence-electron chi connectivity index (χ2n) is 3.90. The van der Waals surface area contributed by atoms with E-state index in [1.807, 2.05) is 0 Å². The summed E-state index contributed by atoms with van der Waals surface area (Å²) in [5.41, 5.74) is 5.63. The fraction of sp³-hybridized carbons (Fsp3) is 0.714. The lowest BCUT2D eigenvalue weighted by Gasteiger charge is -2.16. The topological polar surface area (TPSA) is 56.7 Å². The first kappa shape index (κ1) is 8.04. The summed E-state index contributed by atoms with van der Waals surface area (Å²) < 4.78 is 1.76. The van der Waals surface area contributed by atoms with Crippen LogP contribution >= 0.6 is 0 Å². The molecule has 0 amide bonds. The average Bonchev–Trinajstić information content (AvgIpc) is 2.10. The second-order valence-corrected chi connectivity index (χ2v) is 3.90. The van der Waals surface area contributed by atoms with Gasteiger partial charge in [0.2, 0.25) is 0 Å². The molecule has 2 N–H and O–H groups in total. The van der Waals surface area contributed by atoms with Crippen LogP contribution in [0.3, 0.4) is 0 Å². The van der Waals surface area contributed by atoms with Crippen molar-refractivity contribution in [3.63, 3.8) is 0 Å². The Morgan fingerprint density at radius 2 is 2.18 bits per heavy atom. The summed E-state index contributed by atoms with van der Waals surface area (Å²) in [6, 6.07) is 0. The van der Waals surface area contributed by atoms with E-state index in [1.165, 1.54) is 0 Å². The Morgan fingerprint density at radius 3 is 2.55 bits per heavy atom. The molecular formula is C7H14N4. The highest BCUT2D eigenvalue weighted by atomic mass is 15.4. The zero-order chi connectivity index (χ0) is 8.48. The van der Waals surface area contributed by atoms with Crippen LogP contribution in [0.25, 0.3) is 0 Å². The predicted molar refractivity (Wildman–Crippen MR) is 43.9 cm³/mol. The quantitative estimate of drug-likeness (QED) is 0.654. The van der Waals surface area contributed by atoms with Gasteiger partial charge in [-0.2, -0.15) is 0 Å². The maximum Gasteiger partial charge on any atom is 0.165 e. The fourth-order valence-corrected chi connectivity index (χ4v) is 0.877. The molecule has 0 bridgehead atoms. The van der Waals surface area contributed by atoms with Crippen LogP contribution in [0.15, 0.2) is 6.20 Å². The van der Waals surface area contributed by atoms with Crippen molar-refractivity contribution in [2.45, 2.75) is 27.3 Å². The van der Waals surface area contributed by atoms with Crippen LogP contribution in [0.4, 0.5) is 5.82 Å². The number of anilines is 1. The van der Waals surface area contributed by atoms with Gasteiger partial charge in [0.25, 0.3) is 0 Å². The van der Waals surface area contributed by atoms with Crippen LogP contribution < -0.4 is 5.73 Å². The van der Waals surface area contributed by atoms with Crippen molar-refractivity contribution in [3.8, 4) is 0 Å². The molecule has 0 saturated carbocycles. The summed E-state index contributed by atoms with van der Waals surface area (Å²) in [4.78, 5) is 0. The van der Waals surface area contributed by atoms with Crippen LogP contribution in [0, 0.1) is 5.41 Å². The van der Waals surface area contributed by atoms with Gasteiger partial charge < -0.3 is 5.73 Å². The molecule has 0 aliphatic rings. The molecule has 4 heteroatoms. The van der Waals surface area contributed by atoms with Crippen molar-refractivity contribution >= 4 is 5.82 Å². The van der Waals surface area contributed by atoms with E-state index in [9.17, 15) is 0 Å². The smallest absolute Gasteiger partial charge is 0.165 e. The number of rotatable bonds is 1. The molecule has 0 fully saturated rings. The van der Waals surface area contributed by atoms with Gasteiger partial charge in [0, 0.05) is 6.54 Å². The molecule has 1 heterocycles. The van der Waals surface area contributed by atoms with E-state index in [2.05, 4.69) is 31.1 Å². The van der Waals surface area contributed by atoms with Gasteiger partial charge in [-0.25, -0.2) is 4.68 Å². The lowest BCUT2D eigenvalue weighted by Crippen LogP contribution is -2.15. The summed E-state index contributed by atoms with van der Waals surface area (Å²) in [6.45, 7) is 7.28. The second kappa shape index (κ2) is 2.53. The van der Waals surface area contributed by atoms with Crippen molar-refractivity contribution in [1.82, 2.24) is 15.0 Å². The zero-order valence-corrected chi connectivity index (χ0v) is 7.20. The van der Waals surface area contributed by atoms with Gasteiger partial charge in [-0.15, -0.1) is 5.10 Å². The van der Waals surface area contributed by atoms with Gasteiger partial charge in [0.1, 0.15) is 0 Å². The third kappa shape index (κ3) is 2.57. The van der Waals surface area contributed by atoms with Crippen molar-refractivity contribution in [2.75, 3.05) is 5.73 Å². The molecule has 1 rings (SSSR count). The first-order valence-electron chi connectivity index (χ1n) is 3.63. The van der Waals surface area contributed by atoms with E-state index in [-0.39, 0.29) is 5.41 Å². The Labute approximate surface area is 66.4 Å². The molecule has 0 aliphatic heterocycles. The average molecular weight is 154 g/mol. The Hall–Kier alpha value is -1.06. The molecular weight excluding hydrogens is 140 g/mol. The first-order valence-corrected chi connectivity index (χ1v) is 3.63. The number of hydrogen-bond acceptors (Lipinski definition) is 3. The zero-order valence-electron chi connectivity index (χ0n) is 7.20. The third-order valence-electron chi connectivity index (χ3n) is 1.19. The monoisotopic (exact) mass is 154 g/mol. The number of nitrogens with zero attached hydrogens (tertiary/aromatic N) is 3. The van der Waals surface area contributed by atoms with E-state index in [1.54, 1.807) is 10.9 Å². The highest BCUT2D eigenvalue weighted by Gasteiger charge is 2.11. The summed E-state index contributed by atoms with van der Waals surface area (Å²) in [7, 11) is 0. The number of nitrogen functional groups attached to an aromatic ring is 1. The van der Waals surface area contributed by atoms with Crippen molar-refractivity contribution < 1.29 is 0 Å². The maximum atomic E-state index is 5.40. The van der Waals surface area contributed by atoms with Gasteiger partial charge in [0.15, 0.2) is 5.82 Å². The van der Waals surface area contributed by atoms with Gasteiger partial charge in [-0.05, 0) is 5.41 Å². The molecule has 1 aromatic rings. The standard InChI is InChI=1S/C7H14N4/c1-7(2,3)5-11-4-6(8)9-10-11/h4H,5,8H2,1-3H3. The molecule has 0 radical (unpaired) electrons. The van der Waals surface area contributed by atoms with Crippen molar-refractivity contribution in [3.05, 3.63) is 6.20 Å². The van der Waals surface area contributed by atoms with Crippen LogP contribution in [-0.4, -0.2) is 15.0 Å². The molecule has 0 atom stereocenters. The number of hydrogen-bond donors (Lipinski definition) is 1. The largest absolute Gasteiger partial charge is 0.381 e. The van der Waals surface area contributed by atoms with E-state index >= 15 is 0 Å². The first-order chi connectivity index (χ1) is 4.97. The van der Waals surface area contributed by atoms with E-state index < -0.39 is 0 Å². The van der Waals surface area contributed by atoms with E-state index in [4.69, 9.17) is 5.73 Å². The van der Waals surface area contributed by atoms with Gasteiger partial charge >= 0.3 is 0 Å².